The predicted molar refractivity (Wildman–Crippen MR) is 114 cm³/mol. The van der Waals surface area contributed by atoms with E-state index in [4.69, 9.17) is 14.0 Å². The fourth-order valence-electron chi connectivity index (χ4n) is 4.28. The smallest absolute Gasteiger partial charge is 0.155 e. The second-order valence-corrected chi connectivity index (χ2v) is 8.02. The monoisotopic (exact) mass is 409 g/mol. The van der Waals surface area contributed by atoms with Crippen molar-refractivity contribution in [1.29, 1.82) is 0 Å². The number of fused-ring (bicyclic) bond motifs is 1. The molecular formula is C22H27N5O3. The zero-order valence-electron chi connectivity index (χ0n) is 17.2. The summed E-state index contributed by atoms with van der Waals surface area (Å²) in [6, 6.07) is 6.55. The average molecular weight is 409 g/mol. The van der Waals surface area contributed by atoms with Crippen LogP contribution in [0.3, 0.4) is 0 Å². The molecule has 1 aromatic carbocycles. The van der Waals surface area contributed by atoms with Crippen molar-refractivity contribution in [2.24, 2.45) is 0 Å². The summed E-state index contributed by atoms with van der Waals surface area (Å²) in [6.45, 7) is 5.18. The number of nitrogens with one attached hydrogen (secondary N) is 1. The molecule has 158 valence electrons. The van der Waals surface area contributed by atoms with E-state index in [2.05, 4.69) is 37.5 Å². The Labute approximate surface area is 175 Å². The summed E-state index contributed by atoms with van der Waals surface area (Å²) < 4.78 is 17.2. The van der Waals surface area contributed by atoms with Crippen LogP contribution < -0.4 is 15.0 Å². The Morgan fingerprint density at radius 1 is 1.13 bits per heavy atom. The standard InChI is InChI=1S/C22H27N5O3/c1-15-23-7-6-21(24-15)25-17-2-4-19(5-3-17)30-20-13-18(27-8-10-28-11-9-27)12-16-14-29-26-22(16)20/h6-7,12-14,17,19H,2-5,8-11H2,1H3,(H,23,24,25)/t17-,19+. The number of ether oxygens (including phenoxy) is 2. The highest BCUT2D eigenvalue weighted by Gasteiger charge is 2.24. The molecule has 1 aliphatic carbocycles. The molecule has 0 radical (unpaired) electrons. The Morgan fingerprint density at radius 2 is 1.97 bits per heavy atom. The van der Waals surface area contributed by atoms with Gasteiger partial charge in [0, 0.05) is 42.5 Å². The largest absolute Gasteiger partial charge is 0.488 e. The second kappa shape index (κ2) is 8.47. The normalized spacial score (nSPS) is 22.2. The summed E-state index contributed by atoms with van der Waals surface area (Å²) in [7, 11) is 0. The van der Waals surface area contributed by atoms with Gasteiger partial charge in [0.15, 0.2) is 11.3 Å². The summed E-state index contributed by atoms with van der Waals surface area (Å²) in [6.07, 6.45) is 7.72. The summed E-state index contributed by atoms with van der Waals surface area (Å²) in [5.41, 5.74) is 1.93. The van der Waals surface area contributed by atoms with Crippen LogP contribution in [-0.2, 0) is 4.74 Å². The van der Waals surface area contributed by atoms with Crippen molar-refractivity contribution in [3.05, 3.63) is 36.5 Å². The summed E-state index contributed by atoms with van der Waals surface area (Å²) in [4.78, 5) is 10.9. The average Bonchev–Trinajstić information content (AvgIpc) is 3.25. The lowest BCUT2D eigenvalue weighted by Gasteiger charge is -2.31. The molecule has 1 saturated heterocycles. The molecule has 2 aliphatic rings. The van der Waals surface area contributed by atoms with E-state index in [0.717, 1.165) is 86.0 Å². The molecule has 1 saturated carbocycles. The molecule has 30 heavy (non-hydrogen) atoms. The van der Waals surface area contributed by atoms with E-state index in [-0.39, 0.29) is 6.10 Å². The Morgan fingerprint density at radius 3 is 2.77 bits per heavy atom. The highest BCUT2D eigenvalue weighted by molar-refractivity contribution is 5.87. The Bertz CT molecular complexity index is 993. The van der Waals surface area contributed by atoms with Gasteiger partial charge < -0.3 is 24.2 Å². The molecule has 0 unspecified atom stereocenters. The van der Waals surface area contributed by atoms with E-state index in [1.165, 1.54) is 0 Å². The summed E-state index contributed by atoms with van der Waals surface area (Å²) in [5.74, 6) is 2.49. The number of hydrogen-bond acceptors (Lipinski definition) is 8. The first-order valence-electron chi connectivity index (χ1n) is 10.7. The fourth-order valence-corrected chi connectivity index (χ4v) is 4.28. The molecule has 0 atom stereocenters. The van der Waals surface area contributed by atoms with Gasteiger partial charge in [0.25, 0.3) is 0 Å². The number of morpholine rings is 1. The van der Waals surface area contributed by atoms with E-state index < -0.39 is 0 Å². The molecule has 1 aliphatic heterocycles. The highest BCUT2D eigenvalue weighted by Crippen LogP contribution is 2.34. The Hall–Kier alpha value is -2.87. The molecule has 2 fully saturated rings. The SMILES string of the molecule is Cc1nccc(N[C@H]2CC[C@@H](Oc3cc(N4CCOCC4)cc4conc34)CC2)n1. The molecule has 8 nitrogen and oxygen atoms in total. The topological polar surface area (TPSA) is 85.5 Å². The van der Waals surface area contributed by atoms with Crippen LogP contribution in [-0.4, -0.2) is 53.6 Å². The zero-order valence-corrected chi connectivity index (χ0v) is 17.2. The lowest BCUT2D eigenvalue weighted by Crippen LogP contribution is -2.36. The van der Waals surface area contributed by atoms with Crippen LogP contribution >= 0.6 is 0 Å². The highest BCUT2D eigenvalue weighted by atomic mass is 16.5. The molecule has 2 aromatic heterocycles. The van der Waals surface area contributed by atoms with Crippen LogP contribution in [0.2, 0.25) is 0 Å². The number of hydrogen-bond donors (Lipinski definition) is 1. The molecule has 0 bridgehead atoms. The maximum atomic E-state index is 6.44. The van der Waals surface area contributed by atoms with Crippen LogP contribution in [0, 0.1) is 6.92 Å². The molecule has 8 heteroatoms. The molecule has 5 rings (SSSR count). The van der Waals surface area contributed by atoms with Crippen LogP contribution in [0.4, 0.5) is 11.5 Å². The van der Waals surface area contributed by atoms with Crippen molar-refractivity contribution < 1.29 is 14.0 Å². The van der Waals surface area contributed by atoms with E-state index >= 15 is 0 Å². The van der Waals surface area contributed by atoms with Crippen molar-refractivity contribution in [3.8, 4) is 5.75 Å². The van der Waals surface area contributed by atoms with E-state index in [9.17, 15) is 0 Å². The first kappa shape index (κ1) is 19.1. The van der Waals surface area contributed by atoms with Crippen molar-refractivity contribution in [3.63, 3.8) is 0 Å². The molecule has 3 heterocycles. The number of rotatable bonds is 5. The van der Waals surface area contributed by atoms with E-state index in [0.29, 0.717) is 6.04 Å². The first-order chi connectivity index (χ1) is 14.7. The van der Waals surface area contributed by atoms with E-state index in [1.54, 1.807) is 12.5 Å². The van der Waals surface area contributed by atoms with Crippen molar-refractivity contribution >= 4 is 22.4 Å². The second-order valence-electron chi connectivity index (χ2n) is 8.02. The third-order valence-corrected chi connectivity index (χ3v) is 5.88. The zero-order chi connectivity index (χ0) is 20.3. The van der Waals surface area contributed by atoms with Gasteiger partial charge in [-0.3, -0.25) is 0 Å². The van der Waals surface area contributed by atoms with Crippen molar-refractivity contribution in [1.82, 2.24) is 15.1 Å². The summed E-state index contributed by atoms with van der Waals surface area (Å²) in [5, 5.41) is 8.69. The van der Waals surface area contributed by atoms with Gasteiger partial charge in [-0.25, -0.2) is 9.97 Å². The predicted octanol–water partition coefficient (Wildman–Crippen LogP) is 3.56. The summed E-state index contributed by atoms with van der Waals surface area (Å²) >= 11 is 0. The number of aromatic nitrogens is 3. The van der Waals surface area contributed by atoms with Gasteiger partial charge in [-0.05, 0) is 44.7 Å². The van der Waals surface area contributed by atoms with Gasteiger partial charge in [-0.15, -0.1) is 0 Å². The third kappa shape index (κ3) is 4.18. The number of anilines is 2. The van der Waals surface area contributed by atoms with Crippen molar-refractivity contribution in [2.45, 2.75) is 44.8 Å². The van der Waals surface area contributed by atoms with Crippen LogP contribution in [0.5, 0.6) is 5.75 Å². The van der Waals surface area contributed by atoms with Gasteiger partial charge in [-0.2, -0.15) is 0 Å². The van der Waals surface area contributed by atoms with Gasteiger partial charge in [-0.1, -0.05) is 5.16 Å². The maximum Gasteiger partial charge on any atom is 0.155 e. The van der Waals surface area contributed by atoms with Gasteiger partial charge in [0.05, 0.1) is 19.3 Å². The molecule has 3 aromatic rings. The number of benzene rings is 1. The molecular weight excluding hydrogens is 382 g/mol. The van der Waals surface area contributed by atoms with Crippen molar-refractivity contribution in [2.75, 3.05) is 36.5 Å². The minimum atomic E-state index is 0.176. The lowest BCUT2D eigenvalue weighted by atomic mass is 9.93. The Kier molecular flexibility index (Phi) is 5.40. The van der Waals surface area contributed by atoms with Gasteiger partial charge in [0.1, 0.15) is 17.9 Å². The quantitative estimate of drug-likeness (QED) is 0.685. The maximum absolute atomic E-state index is 6.44. The van der Waals surface area contributed by atoms with Crippen LogP contribution in [0.1, 0.15) is 31.5 Å². The van der Waals surface area contributed by atoms with E-state index in [1.807, 2.05) is 13.0 Å². The third-order valence-electron chi connectivity index (χ3n) is 5.88. The number of aryl methyl sites for hydroxylation is 1. The minimum Gasteiger partial charge on any atom is -0.488 e. The Balaban J connectivity index is 1.25. The fraction of sp³-hybridized carbons (Fsp3) is 0.500. The van der Waals surface area contributed by atoms with Crippen LogP contribution in [0.25, 0.3) is 10.9 Å². The van der Waals surface area contributed by atoms with Gasteiger partial charge in [0.2, 0.25) is 0 Å². The van der Waals surface area contributed by atoms with Crippen LogP contribution in [0.15, 0.2) is 35.2 Å². The lowest BCUT2D eigenvalue weighted by molar-refractivity contribution is 0.122. The number of nitrogens with zero attached hydrogens (tertiary/aromatic N) is 4. The molecule has 0 spiro atoms. The minimum absolute atomic E-state index is 0.176. The van der Waals surface area contributed by atoms with Gasteiger partial charge >= 0.3 is 0 Å². The molecule has 0 amide bonds. The first-order valence-corrected chi connectivity index (χ1v) is 10.7. The molecule has 1 N–H and O–H groups in total.